The average Bonchev–Trinajstić information content (AvgIpc) is 2.13. The van der Waals surface area contributed by atoms with Gasteiger partial charge in [0.2, 0.25) is 5.91 Å². The van der Waals surface area contributed by atoms with Gasteiger partial charge in [-0.05, 0) is 18.8 Å². The SMILES string of the molecule is CC(C)[C@H](N)C(=O)NCC1(C(=O)O)CCC1. The fourth-order valence-electron chi connectivity index (χ4n) is 1.75. The summed E-state index contributed by atoms with van der Waals surface area (Å²) in [6.07, 6.45) is 2.19. The summed E-state index contributed by atoms with van der Waals surface area (Å²) < 4.78 is 0. The van der Waals surface area contributed by atoms with Crippen molar-refractivity contribution in [2.75, 3.05) is 6.54 Å². The molecule has 5 nitrogen and oxygen atoms in total. The van der Waals surface area contributed by atoms with E-state index in [-0.39, 0.29) is 18.4 Å². The molecule has 0 spiro atoms. The van der Waals surface area contributed by atoms with Crippen molar-refractivity contribution in [1.82, 2.24) is 5.32 Å². The van der Waals surface area contributed by atoms with Gasteiger partial charge in [-0.3, -0.25) is 9.59 Å². The minimum Gasteiger partial charge on any atom is -0.481 e. The van der Waals surface area contributed by atoms with Gasteiger partial charge in [0.1, 0.15) is 0 Å². The van der Waals surface area contributed by atoms with Gasteiger partial charge in [0.25, 0.3) is 0 Å². The zero-order valence-corrected chi connectivity index (χ0v) is 9.82. The van der Waals surface area contributed by atoms with Crippen LogP contribution in [-0.4, -0.2) is 29.6 Å². The molecule has 1 aliphatic carbocycles. The van der Waals surface area contributed by atoms with Gasteiger partial charge in [0.05, 0.1) is 11.5 Å². The molecule has 1 amide bonds. The number of carbonyl (C=O) groups is 2. The third-order valence-corrected chi connectivity index (χ3v) is 3.39. The maximum Gasteiger partial charge on any atom is 0.311 e. The fraction of sp³-hybridized carbons (Fsp3) is 0.818. The smallest absolute Gasteiger partial charge is 0.311 e. The van der Waals surface area contributed by atoms with Crippen LogP contribution in [0.2, 0.25) is 0 Å². The third kappa shape index (κ3) is 2.52. The number of aliphatic carboxylic acids is 1. The number of amides is 1. The zero-order chi connectivity index (χ0) is 12.3. The Labute approximate surface area is 95.4 Å². The molecular formula is C11H20N2O3. The molecule has 1 aliphatic rings. The molecule has 0 aromatic carbocycles. The number of carboxylic acids is 1. The molecule has 1 saturated carbocycles. The van der Waals surface area contributed by atoms with Gasteiger partial charge >= 0.3 is 5.97 Å². The molecule has 0 aromatic rings. The van der Waals surface area contributed by atoms with Gasteiger partial charge in [-0.1, -0.05) is 20.3 Å². The van der Waals surface area contributed by atoms with E-state index in [1.807, 2.05) is 13.8 Å². The van der Waals surface area contributed by atoms with Crippen LogP contribution in [0.5, 0.6) is 0 Å². The van der Waals surface area contributed by atoms with Crippen molar-refractivity contribution < 1.29 is 14.7 Å². The van der Waals surface area contributed by atoms with Gasteiger partial charge in [-0.15, -0.1) is 0 Å². The van der Waals surface area contributed by atoms with Crippen molar-refractivity contribution in [1.29, 1.82) is 0 Å². The topological polar surface area (TPSA) is 92.4 Å². The van der Waals surface area contributed by atoms with E-state index in [0.29, 0.717) is 12.8 Å². The monoisotopic (exact) mass is 228 g/mol. The first kappa shape index (κ1) is 13.0. The molecule has 0 bridgehead atoms. The summed E-state index contributed by atoms with van der Waals surface area (Å²) in [7, 11) is 0. The van der Waals surface area contributed by atoms with Crippen LogP contribution >= 0.6 is 0 Å². The second-order valence-corrected chi connectivity index (χ2v) is 4.93. The van der Waals surface area contributed by atoms with Crippen molar-refractivity contribution in [2.45, 2.75) is 39.2 Å². The van der Waals surface area contributed by atoms with Gasteiger partial charge in [0.15, 0.2) is 0 Å². The number of nitrogens with one attached hydrogen (secondary N) is 1. The van der Waals surface area contributed by atoms with Crippen molar-refractivity contribution in [3.8, 4) is 0 Å². The molecule has 1 atom stereocenters. The number of rotatable bonds is 5. The standard InChI is InChI=1S/C11H20N2O3/c1-7(2)8(12)9(14)13-6-11(10(15)16)4-3-5-11/h7-8H,3-6,12H2,1-2H3,(H,13,14)(H,15,16)/t8-/m0/s1. The van der Waals surface area contributed by atoms with E-state index in [0.717, 1.165) is 6.42 Å². The lowest BCUT2D eigenvalue weighted by Crippen LogP contribution is -2.52. The van der Waals surface area contributed by atoms with E-state index in [4.69, 9.17) is 10.8 Å². The van der Waals surface area contributed by atoms with Crippen LogP contribution in [0.15, 0.2) is 0 Å². The molecule has 1 rings (SSSR count). The van der Waals surface area contributed by atoms with Crippen molar-refractivity contribution in [3.63, 3.8) is 0 Å². The quantitative estimate of drug-likeness (QED) is 0.632. The van der Waals surface area contributed by atoms with E-state index in [1.54, 1.807) is 0 Å². The molecule has 4 N–H and O–H groups in total. The van der Waals surface area contributed by atoms with Crippen molar-refractivity contribution in [3.05, 3.63) is 0 Å². The lowest BCUT2D eigenvalue weighted by atomic mass is 9.69. The highest BCUT2D eigenvalue weighted by Crippen LogP contribution is 2.40. The second kappa shape index (κ2) is 4.82. The van der Waals surface area contributed by atoms with Crippen LogP contribution in [0.25, 0.3) is 0 Å². The van der Waals surface area contributed by atoms with Crippen molar-refractivity contribution in [2.24, 2.45) is 17.1 Å². The summed E-state index contributed by atoms with van der Waals surface area (Å²) >= 11 is 0. The highest BCUT2D eigenvalue weighted by atomic mass is 16.4. The highest BCUT2D eigenvalue weighted by molar-refractivity contribution is 5.83. The molecule has 0 radical (unpaired) electrons. The van der Waals surface area contributed by atoms with Gasteiger partial charge in [-0.25, -0.2) is 0 Å². The highest BCUT2D eigenvalue weighted by Gasteiger charge is 2.44. The number of nitrogens with two attached hydrogens (primary N) is 1. The zero-order valence-electron chi connectivity index (χ0n) is 9.82. The molecule has 1 fully saturated rings. The molecule has 0 unspecified atom stereocenters. The molecule has 0 aromatic heterocycles. The summed E-state index contributed by atoms with van der Waals surface area (Å²) in [5.41, 5.74) is 4.92. The molecule has 16 heavy (non-hydrogen) atoms. The van der Waals surface area contributed by atoms with Gasteiger partial charge in [-0.2, -0.15) is 0 Å². The average molecular weight is 228 g/mol. The minimum atomic E-state index is -0.822. The number of carboxylic acid groups (broad SMARTS) is 1. The van der Waals surface area contributed by atoms with Crippen LogP contribution in [-0.2, 0) is 9.59 Å². The Kier molecular flexibility index (Phi) is 3.91. The third-order valence-electron chi connectivity index (χ3n) is 3.39. The lowest BCUT2D eigenvalue weighted by molar-refractivity contribution is -0.154. The Morgan fingerprint density at radius 3 is 2.31 bits per heavy atom. The minimum absolute atomic E-state index is 0.0576. The Bertz CT molecular complexity index is 285. The predicted molar refractivity (Wildman–Crippen MR) is 59.7 cm³/mol. The molecule has 5 heteroatoms. The van der Waals surface area contributed by atoms with E-state index in [1.165, 1.54) is 0 Å². The molecule has 0 aliphatic heterocycles. The first-order valence-electron chi connectivity index (χ1n) is 5.66. The Hall–Kier alpha value is -1.10. The Morgan fingerprint density at radius 2 is 2.00 bits per heavy atom. The van der Waals surface area contributed by atoms with E-state index >= 15 is 0 Å². The van der Waals surface area contributed by atoms with Gasteiger partial charge in [0, 0.05) is 6.54 Å². The summed E-state index contributed by atoms with van der Waals surface area (Å²) in [5.74, 6) is -1.03. The van der Waals surface area contributed by atoms with Crippen LogP contribution in [0.1, 0.15) is 33.1 Å². The number of carbonyl (C=O) groups excluding carboxylic acids is 1. The number of hydrogen-bond acceptors (Lipinski definition) is 3. The molecule has 92 valence electrons. The fourth-order valence-corrected chi connectivity index (χ4v) is 1.75. The van der Waals surface area contributed by atoms with Crippen LogP contribution < -0.4 is 11.1 Å². The maximum atomic E-state index is 11.6. The van der Waals surface area contributed by atoms with Crippen LogP contribution in [0, 0.1) is 11.3 Å². The largest absolute Gasteiger partial charge is 0.481 e. The van der Waals surface area contributed by atoms with Crippen molar-refractivity contribution >= 4 is 11.9 Å². The van der Waals surface area contributed by atoms with E-state index in [2.05, 4.69) is 5.32 Å². The molecular weight excluding hydrogens is 208 g/mol. The Morgan fingerprint density at radius 1 is 1.44 bits per heavy atom. The normalized spacial score (nSPS) is 20.0. The first-order chi connectivity index (χ1) is 7.39. The summed E-state index contributed by atoms with van der Waals surface area (Å²) in [6, 6.07) is -0.564. The predicted octanol–water partition coefficient (Wildman–Crippen LogP) is 0.341. The summed E-state index contributed by atoms with van der Waals surface area (Å²) in [4.78, 5) is 22.6. The maximum absolute atomic E-state index is 11.6. The van der Waals surface area contributed by atoms with Crippen LogP contribution in [0.3, 0.4) is 0 Å². The van der Waals surface area contributed by atoms with E-state index < -0.39 is 17.4 Å². The summed E-state index contributed by atoms with van der Waals surface area (Å²) in [6.45, 7) is 3.92. The van der Waals surface area contributed by atoms with Crippen LogP contribution in [0.4, 0.5) is 0 Å². The number of hydrogen-bond donors (Lipinski definition) is 3. The summed E-state index contributed by atoms with van der Waals surface area (Å²) in [5, 5.41) is 11.7. The Balaban J connectivity index is 2.45. The molecule has 0 heterocycles. The first-order valence-corrected chi connectivity index (χ1v) is 5.66. The van der Waals surface area contributed by atoms with E-state index in [9.17, 15) is 9.59 Å². The second-order valence-electron chi connectivity index (χ2n) is 4.93. The van der Waals surface area contributed by atoms with Gasteiger partial charge < -0.3 is 16.2 Å². The molecule has 0 saturated heterocycles. The lowest BCUT2D eigenvalue weighted by Gasteiger charge is -2.37.